The molecule has 5 rings (SSSR count). The molecule has 0 radical (unpaired) electrons. The molecule has 0 aliphatic carbocycles. The lowest BCUT2D eigenvalue weighted by Gasteiger charge is -2.40. The Kier molecular flexibility index (Phi) is 7.71. The summed E-state index contributed by atoms with van der Waals surface area (Å²) in [6, 6.07) is 22.2. The van der Waals surface area contributed by atoms with Crippen LogP contribution in [0.25, 0.3) is 10.8 Å². The maximum atomic E-state index is 14.1. The maximum absolute atomic E-state index is 14.1. The Morgan fingerprint density at radius 2 is 1.73 bits per heavy atom. The monoisotopic (exact) mass is 556 g/mol. The van der Waals surface area contributed by atoms with Crippen molar-refractivity contribution < 1.29 is 23.9 Å². The molecule has 2 heterocycles. The highest BCUT2D eigenvalue weighted by Gasteiger charge is 2.54. The first-order valence-corrected chi connectivity index (χ1v) is 13.8. The van der Waals surface area contributed by atoms with Gasteiger partial charge >= 0.3 is 6.09 Å². The highest BCUT2D eigenvalue weighted by molar-refractivity contribution is 6.13. The smallest absolute Gasteiger partial charge is 0.408 e. The number of nitrogens with zero attached hydrogens (tertiary/aromatic N) is 3. The predicted octanol–water partition coefficient (Wildman–Crippen LogP) is 4.40. The van der Waals surface area contributed by atoms with Gasteiger partial charge < -0.3 is 19.7 Å². The second-order valence-corrected chi connectivity index (χ2v) is 11.6. The van der Waals surface area contributed by atoms with Gasteiger partial charge in [0.1, 0.15) is 29.4 Å². The molecule has 0 spiro atoms. The Balaban J connectivity index is 1.40. The fourth-order valence-corrected chi connectivity index (χ4v) is 5.55. The number of likely N-dealkylation sites (tertiary alicyclic amines) is 1. The number of rotatable bonds is 7. The molecule has 41 heavy (non-hydrogen) atoms. The quantitative estimate of drug-likeness (QED) is 0.465. The number of alkyl carbamates (subject to hydrolysis) is 1. The number of ether oxygens (including phenoxy) is 2. The van der Waals surface area contributed by atoms with Gasteiger partial charge in [-0.3, -0.25) is 9.59 Å². The van der Waals surface area contributed by atoms with Crippen molar-refractivity contribution in [1.82, 2.24) is 15.2 Å². The topological polar surface area (TPSA) is 101 Å². The van der Waals surface area contributed by atoms with Gasteiger partial charge in [0, 0.05) is 31.9 Å². The second-order valence-electron chi connectivity index (χ2n) is 11.6. The van der Waals surface area contributed by atoms with Crippen molar-refractivity contribution in [2.45, 2.75) is 45.3 Å². The highest BCUT2D eigenvalue weighted by atomic mass is 16.6. The molecular formula is C32H36N4O5. The summed E-state index contributed by atoms with van der Waals surface area (Å²) < 4.78 is 11.6. The Morgan fingerprint density at radius 1 is 1.02 bits per heavy atom. The molecule has 9 heteroatoms. The number of carbonyl (C=O) groups is 3. The molecule has 1 saturated heterocycles. The van der Waals surface area contributed by atoms with Gasteiger partial charge in [0.25, 0.3) is 5.91 Å². The number of piperidine rings is 1. The summed E-state index contributed by atoms with van der Waals surface area (Å²) in [6.07, 6.45) is 0.168. The van der Waals surface area contributed by atoms with Crippen LogP contribution in [-0.4, -0.2) is 71.9 Å². The summed E-state index contributed by atoms with van der Waals surface area (Å²) >= 11 is 0. The van der Waals surface area contributed by atoms with E-state index in [-0.39, 0.29) is 25.0 Å². The second kappa shape index (κ2) is 11.2. The van der Waals surface area contributed by atoms with E-state index in [0.717, 1.165) is 22.0 Å². The zero-order chi connectivity index (χ0) is 29.2. The molecule has 2 aliphatic rings. The van der Waals surface area contributed by atoms with Crippen LogP contribution in [0.4, 0.5) is 4.79 Å². The van der Waals surface area contributed by atoms with Gasteiger partial charge in [-0.05, 0) is 44.2 Å². The normalized spacial score (nSPS) is 19.4. The minimum atomic E-state index is -1.04. The average molecular weight is 557 g/mol. The van der Waals surface area contributed by atoms with E-state index in [1.54, 1.807) is 32.7 Å². The van der Waals surface area contributed by atoms with E-state index in [1.807, 2.05) is 72.8 Å². The Hall–Kier alpha value is -4.40. The van der Waals surface area contributed by atoms with Crippen LogP contribution in [0.15, 0.2) is 77.9 Å². The van der Waals surface area contributed by atoms with Crippen molar-refractivity contribution in [2.75, 3.05) is 26.7 Å². The predicted molar refractivity (Wildman–Crippen MR) is 157 cm³/mol. The number of fused-ring (bicyclic) bond motifs is 2. The molecule has 0 aromatic heterocycles. The van der Waals surface area contributed by atoms with Crippen molar-refractivity contribution >= 4 is 34.4 Å². The zero-order valence-corrected chi connectivity index (χ0v) is 23.9. The lowest BCUT2D eigenvalue weighted by atomic mass is 9.73. The number of amides is 3. The lowest BCUT2D eigenvalue weighted by molar-refractivity contribution is -0.141. The van der Waals surface area contributed by atoms with E-state index in [4.69, 9.17) is 9.47 Å². The molecule has 214 valence electrons. The van der Waals surface area contributed by atoms with Crippen LogP contribution < -0.4 is 10.1 Å². The van der Waals surface area contributed by atoms with E-state index >= 15 is 0 Å². The van der Waals surface area contributed by atoms with Crippen molar-refractivity contribution in [1.29, 1.82) is 0 Å². The molecule has 0 unspecified atom stereocenters. The van der Waals surface area contributed by atoms with Gasteiger partial charge in [0.15, 0.2) is 0 Å². The van der Waals surface area contributed by atoms with Gasteiger partial charge in [0.05, 0.1) is 5.71 Å². The van der Waals surface area contributed by atoms with Crippen LogP contribution >= 0.6 is 0 Å². The molecule has 2 aliphatic heterocycles. The number of hydrogen-bond donors (Lipinski definition) is 1. The number of carbonyl (C=O) groups excluding carboxylic acids is 3. The SMILES string of the molecule is CN1N=C2CCN(C(=O)[C@@H](COc3cccc4ccccc34)NC(=O)OC(C)(C)C)C[C@@]2(Cc2ccccc2)C1=O. The lowest BCUT2D eigenvalue weighted by Crippen LogP contribution is -2.60. The highest BCUT2D eigenvalue weighted by Crippen LogP contribution is 2.38. The van der Waals surface area contributed by atoms with E-state index in [9.17, 15) is 14.4 Å². The van der Waals surface area contributed by atoms with E-state index in [0.29, 0.717) is 25.1 Å². The van der Waals surface area contributed by atoms with E-state index in [2.05, 4.69) is 10.4 Å². The van der Waals surface area contributed by atoms with Crippen LogP contribution in [0.3, 0.4) is 0 Å². The molecule has 9 nitrogen and oxygen atoms in total. The van der Waals surface area contributed by atoms with Crippen LogP contribution in [0.2, 0.25) is 0 Å². The largest absolute Gasteiger partial charge is 0.490 e. The molecule has 3 aromatic carbocycles. The fraction of sp³-hybridized carbons (Fsp3) is 0.375. The number of hydrogen-bond acceptors (Lipinski definition) is 6. The number of hydrazone groups is 1. The van der Waals surface area contributed by atoms with Crippen LogP contribution in [0.5, 0.6) is 5.75 Å². The van der Waals surface area contributed by atoms with Crippen LogP contribution in [-0.2, 0) is 20.7 Å². The molecule has 0 bridgehead atoms. The van der Waals surface area contributed by atoms with Gasteiger partial charge in [-0.2, -0.15) is 5.10 Å². The van der Waals surface area contributed by atoms with Gasteiger partial charge in [-0.1, -0.05) is 66.7 Å². The van der Waals surface area contributed by atoms with E-state index in [1.165, 1.54) is 5.01 Å². The summed E-state index contributed by atoms with van der Waals surface area (Å²) in [5, 5.41) is 10.6. The van der Waals surface area contributed by atoms with Crippen LogP contribution in [0.1, 0.15) is 32.8 Å². The summed E-state index contributed by atoms with van der Waals surface area (Å²) in [5.74, 6) is 0.121. The summed E-state index contributed by atoms with van der Waals surface area (Å²) in [5.41, 5.74) is 0.0600. The third-order valence-electron chi connectivity index (χ3n) is 7.41. The van der Waals surface area contributed by atoms with Crippen LogP contribution in [0, 0.1) is 5.41 Å². The van der Waals surface area contributed by atoms with Crippen molar-refractivity contribution in [3.05, 3.63) is 78.4 Å². The third-order valence-corrected chi connectivity index (χ3v) is 7.41. The minimum absolute atomic E-state index is 0.108. The van der Waals surface area contributed by atoms with Gasteiger partial charge in [-0.15, -0.1) is 0 Å². The zero-order valence-electron chi connectivity index (χ0n) is 23.9. The molecule has 0 saturated carbocycles. The molecule has 3 aromatic rings. The summed E-state index contributed by atoms with van der Waals surface area (Å²) in [6.45, 7) is 5.70. The Labute approximate surface area is 240 Å². The average Bonchev–Trinajstić information content (AvgIpc) is 3.18. The molecule has 1 N–H and O–H groups in total. The summed E-state index contributed by atoms with van der Waals surface area (Å²) in [4.78, 5) is 42.1. The minimum Gasteiger partial charge on any atom is -0.490 e. The van der Waals surface area contributed by atoms with Crippen molar-refractivity contribution in [3.8, 4) is 5.75 Å². The molecule has 3 amide bonds. The first kappa shape index (κ1) is 28.1. The maximum Gasteiger partial charge on any atom is 0.408 e. The molecule has 1 fully saturated rings. The number of benzene rings is 3. The van der Waals surface area contributed by atoms with Gasteiger partial charge in [0.2, 0.25) is 5.91 Å². The summed E-state index contributed by atoms with van der Waals surface area (Å²) in [7, 11) is 1.65. The van der Waals surface area contributed by atoms with Gasteiger partial charge in [-0.25, -0.2) is 9.80 Å². The Bertz CT molecular complexity index is 1480. The Morgan fingerprint density at radius 3 is 2.49 bits per heavy atom. The molecular weight excluding hydrogens is 520 g/mol. The first-order valence-electron chi connectivity index (χ1n) is 13.8. The molecule has 2 atom stereocenters. The first-order chi connectivity index (χ1) is 19.6. The van der Waals surface area contributed by atoms with Crippen molar-refractivity contribution in [3.63, 3.8) is 0 Å². The van der Waals surface area contributed by atoms with E-state index < -0.39 is 23.2 Å². The van der Waals surface area contributed by atoms with Crippen molar-refractivity contribution in [2.24, 2.45) is 10.5 Å². The number of nitrogens with one attached hydrogen (secondary N) is 1. The fourth-order valence-electron chi connectivity index (χ4n) is 5.55. The standard InChI is InChI=1S/C32H36N4O5/c1-31(2,3)41-30(39)33-25(20-40-26-16-10-14-23-13-8-9-15-24(23)26)28(37)36-18-17-27-32(21-36,29(38)35(4)34-27)19-22-11-6-5-7-12-22/h5-16,25H,17-21H2,1-4H3,(H,33,39)/t25-,32-/m1/s1. The third kappa shape index (κ3) is 6.04.